The van der Waals surface area contributed by atoms with Crippen molar-refractivity contribution in [1.82, 2.24) is 14.6 Å². The molecular weight excluding hydrogens is 186 g/mol. The number of rotatable bonds is 1. The second-order valence-corrected chi connectivity index (χ2v) is 3.35. The lowest BCUT2D eigenvalue weighted by molar-refractivity contribution is 0.963. The second-order valence-electron chi connectivity index (χ2n) is 3.35. The molecule has 0 aliphatic heterocycles. The number of aromatic nitrogens is 3. The van der Waals surface area contributed by atoms with E-state index in [1.807, 2.05) is 28.9 Å². The fraction of sp³-hybridized carbons (Fsp3) is 0. The standard InChI is InChI=1S/C12H9N3/c1-2-12-5-8-14-15(12)9-11(1)10-3-6-13-7-4-10/h1-9H. The van der Waals surface area contributed by atoms with Gasteiger partial charge in [0.05, 0.1) is 5.52 Å². The van der Waals surface area contributed by atoms with Crippen LogP contribution in [0, 0.1) is 0 Å². The number of fused-ring (bicyclic) bond motifs is 1. The molecule has 0 fully saturated rings. The average Bonchev–Trinajstić information content (AvgIpc) is 2.77. The van der Waals surface area contributed by atoms with Crippen LogP contribution >= 0.6 is 0 Å². The van der Waals surface area contributed by atoms with Crippen molar-refractivity contribution >= 4 is 5.52 Å². The first kappa shape index (κ1) is 8.17. The van der Waals surface area contributed by atoms with Crippen molar-refractivity contribution < 1.29 is 0 Å². The van der Waals surface area contributed by atoms with Crippen molar-refractivity contribution in [3.05, 3.63) is 55.1 Å². The van der Waals surface area contributed by atoms with Crippen molar-refractivity contribution in [2.75, 3.05) is 0 Å². The fourth-order valence-corrected chi connectivity index (χ4v) is 1.63. The van der Waals surface area contributed by atoms with Crippen LogP contribution in [0.3, 0.4) is 0 Å². The lowest BCUT2D eigenvalue weighted by Crippen LogP contribution is -1.87. The van der Waals surface area contributed by atoms with Gasteiger partial charge in [0.15, 0.2) is 0 Å². The summed E-state index contributed by atoms with van der Waals surface area (Å²) in [5.74, 6) is 0. The Kier molecular flexibility index (Phi) is 1.75. The second kappa shape index (κ2) is 3.20. The zero-order chi connectivity index (χ0) is 10.1. The van der Waals surface area contributed by atoms with Crippen LogP contribution in [0.5, 0.6) is 0 Å². The van der Waals surface area contributed by atoms with Gasteiger partial charge in [-0.1, -0.05) is 6.07 Å². The van der Waals surface area contributed by atoms with Gasteiger partial charge in [0, 0.05) is 30.4 Å². The lowest BCUT2D eigenvalue weighted by Gasteiger charge is -2.01. The quantitative estimate of drug-likeness (QED) is 0.596. The Bertz CT molecular complexity index is 584. The van der Waals surface area contributed by atoms with Crippen LogP contribution in [0.15, 0.2) is 55.1 Å². The third kappa shape index (κ3) is 1.38. The number of pyridine rings is 2. The predicted octanol–water partition coefficient (Wildman–Crippen LogP) is 2.40. The first-order valence-electron chi connectivity index (χ1n) is 4.77. The number of hydrogen-bond donors (Lipinski definition) is 0. The van der Waals surface area contributed by atoms with Crippen molar-refractivity contribution in [3.63, 3.8) is 0 Å². The maximum Gasteiger partial charge on any atom is 0.0661 e. The predicted molar refractivity (Wildman–Crippen MR) is 58.4 cm³/mol. The molecule has 0 aliphatic carbocycles. The van der Waals surface area contributed by atoms with Crippen molar-refractivity contribution in [2.24, 2.45) is 0 Å². The maximum atomic E-state index is 4.21. The van der Waals surface area contributed by atoms with E-state index in [-0.39, 0.29) is 0 Å². The van der Waals surface area contributed by atoms with Gasteiger partial charge in [-0.3, -0.25) is 4.98 Å². The average molecular weight is 195 g/mol. The molecule has 3 heterocycles. The Hall–Kier alpha value is -2.16. The van der Waals surface area contributed by atoms with Gasteiger partial charge < -0.3 is 0 Å². The first-order valence-corrected chi connectivity index (χ1v) is 4.77. The van der Waals surface area contributed by atoms with Crippen LogP contribution in [0.2, 0.25) is 0 Å². The van der Waals surface area contributed by atoms with Gasteiger partial charge in [0.1, 0.15) is 0 Å². The van der Waals surface area contributed by atoms with Gasteiger partial charge in [0.2, 0.25) is 0 Å². The highest BCUT2D eigenvalue weighted by atomic mass is 15.2. The summed E-state index contributed by atoms with van der Waals surface area (Å²) in [6.45, 7) is 0. The molecule has 0 saturated carbocycles. The molecule has 3 heteroatoms. The molecular formula is C12H9N3. The number of hydrogen-bond acceptors (Lipinski definition) is 2. The van der Waals surface area contributed by atoms with Crippen LogP contribution in [-0.4, -0.2) is 14.6 Å². The molecule has 0 radical (unpaired) electrons. The molecule has 0 amide bonds. The largest absolute Gasteiger partial charge is 0.265 e. The topological polar surface area (TPSA) is 30.2 Å². The molecule has 3 nitrogen and oxygen atoms in total. The van der Waals surface area contributed by atoms with E-state index in [0.717, 1.165) is 16.6 Å². The lowest BCUT2D eigenvalue weighted by atomic mass is 10.1. The summed E-state index contributed by atoms with van der Waals surface area (Å²) < 4.78 is 1.87. The maximum absolute atomic E-state index is 4.21. The van der Waals surface area contributed by atoms with E-state index in [1.54, 1.807) is 18.6 Å². The van der Waals surface area contributed by atoms with Gasteiger partial charge >= 0.3 is 0 Å². The molecule has 0 spiro atoms. The SMILES string of the molecule is c1cc(-c2ccc3ccnn3c2)ccn1. The zero-order valence-electron chi connectivity index (χ0n) is 8.04. The molecule has 0 aliphatic rings. The molecule has 0 N–H and O–H groups in total. The molecule has 0 bridgehead atoms. The summed E-state index contributed by atoms with van der Waals surface area (Å²) in [6.07, 6.45) is 7.40. The molecule has 3 rings (SSSR count). The van der Waals surface area contributed by atoms with Gasteiger partial charge in [-0.25, -0.2) is 4.52 Å². The Morgan fingerprint density at radius 3 is 2.53 bits per heavy atom. The molecule has 3 aromatic rings. The third-order valence-electron chi connectivity index (χ3n) is 2.41. The highest BCUT2D eigenvalue weighted by molar-refractivity contribution is 5.64. The monoisotopic (exact) mass is 195 g/mol. The van der Waals surface area contributed by atoms with Crippen LogP contribution < -0.4 is 0 Å². The Morgan fingerprint density at radius 1 is 0.800 bits per heavy atom. The van der Waals surface area contributed by atoms with Crippen molar-refractivity contribution in [1.29, 1.82) is 0 Å². The molecule has 72 valence electrons. The van der Waals surface area contributed by atoms with E-state index in [0.29, 0.717) is 0 Å². The smallest absolute Gasteiger partial charge is 0.0661 e. The Morgan fingerprint density at radius 2 is 1.67 bits per heavy atom. The van der Waals surface area contributed by atoms with Crippen LogP contribution in [0.25, 0.3) is 16.6 Å². The van der Waals surface area contributed by atoms with Crippen molar-refractivity contribution in [3.8, 4) is 11.1 Å². The van der Waals surface area contributed by atoms with E-state index in [9.17, 15) is 0 Å². The van der Waals surface area contributed by atoms with E-state index >= 15 is 0 Å². The summed E-state index contributed by atoms with van der Waals surface area (Å²) in [5.41, 5.74) is 3.41. The molecule has 0 unspecified atom stereocenters. The third-order valence-corrected chi connectivity index (χ3v) is 2.41. The Balaban J connectivity index is 2.19. The van der Waals surface area contributed by atoms with E-state index in [1.165, 1.54) is 0 Å². The van der Waals surface area contributed by atoms with Gasteiger partial charge in [-0.2, -0.15) is 5.10 Å². The van der Waals surface area contributed by atoms with E-state index in [4.69, 9.17) is 0 Å². The highest BCUT2D eigenvalue weighted by Crippen LogP contribution is 2.18. The molecule has 3 aromatic heterocycles. The molecule has 0 saturated heterocycles. The van der Waals surface area contributed by atoms with Gasteiger partial charge in [-0.15, -0.1) is 0 Å². The summed E-state index contributed by atoms with van der Waals surface area (Å²) in [4.78, 5) is 4.00. The van der Waals surface area contributed by atoms with Crippen molar-refractivity contribution in [2.45, 2.75) is 0 Å². The van der Waals surface area contributed by atoms with Gasteiger partial charge in [-0.05, 0) is 29.8 Å². The first-order chi connectivity index (χ1) is 7.43. The summed E-state index contributed by atoms with van der Waals surface area (Å²) >= 11 is 0. The Labute approximate surface area is 87.0 Å². The minimum absolute atomic E-state index is 1.10. The number of nitrogens with zero attached hydrogens (tertiary/aromatic N) is 3. The normalized spacial score (nSPS) is 10.7. The van der Waals surface area contributed by atoms with E-state index in [2.05, 4.69) is 22.2 Å². The molecule has 0 aromatic carbocycles. The van der Waals surface area contributed by atoms with Crippen LogP contribution in [-0.2, 0) is 0 Å². The van der Waals surface area contributed by atoms with Crippen LogP contribution in [0.1, 0.15) is 0 Å². The highest BCUT2D eigenvalue weighted by Gasteiger charge is 1.98. The van der Waals surface area contributed by atoms with Crippen LogP contribution in [0.4, 0.5) is 0 Å². The minimum Gasteiger partial charge on any atom is -0.265 e. The summed E-state index contributed by atoms with van der Waals surface area (Å²) in [6, 6.07) is 10.1. The molecule has 0 atom stereocenters. The van der Waals surface area contributed by atoms with E-state index < -0.39 is 0 Å². The summed E-state index contributed by atoms with van der Waals surface area (Å²) in [5, 5.41) is 4.21. The van der Waals surface area contributed by atoms with Gasteiger partial charge in [0.25, 0.3) is 0 Å². The fourth-order valence-electron chi connectivity index (χ4n) is 1.63. The molecule has 15 heavy (non-hydrogen) atoms. The zero-order valence-corrected chi connectivity index (χ0v) is 8.04. The summed E-state index contributed by atoms with van der Waals surface area (Å²) in [7, 11) is 0. The minimum atomic E-state index is 1.10.